The average molecular weight is 446 g/mol. The quantitative estimate of drug-likeness (QED) is 0.487. The lowest BCUT2D eigenvalue weighted by Crippen LogP contribution is -2.39. The summed E-state index contributed by atoms with van der Waals surface area (Å²) >= 11 is 1.72. The molecule has 0 amide bonds. The van der Waals surface area contributed by atoms with Gasteiger partial charge in [-0.1, -0.05) is 30.3 Å². The van der Waals surface area contributed by atoms with E-state index in [-0.39, 0.29) is 0 Å². The van der Waals surface area contributed by atoms with E-state index in [1.165, 1.54) is 34.9 Å². The van der Waals surface area contributed by atoms with Crippen molar-refractivity contribution in [2.24, 2.45) is 0 Å². The van der Waals surface area contributed by atoms with Crippen LogP contribution in [0.1, 0.15) is 24.0 Å². The van der Waals surface area contributed by atoms with Crippen molar-refractivity contribution in [1.82, 2.24) is 19.9 Å². The Morgan fingerprint density at radius 3 is 2.66 bits per heavy atom. The molecule has 1 aliphatic heterocycles. The number of anilines is 1. The summed E-state index contributed by atoms with van der Waals surface area (Å²) in [6.07, 6.45) is 6.35. The monoisotopic (exact) mass is 445 g/mol. The maximum atomic E-state index is 5.45. The lowest BCUT2D eigenvalue weighted by Gasteiger charge is -2.26. The Morgan fingerprint density at radius 2 is 1.81 bits per heavy atom. The molecule has 1 saturated heterocycles. The molecule has 164 valence electrons. The van der Waals surface area contributed by atoms with Crippen LogP contribution in [0.3, 0.4) is 0 Å². The lowest BCUT2D eigenvalue weighted by molar-refractivity contribution is 0.0398. The second-order valence-corrected chi connectivity index (χ2v) is 9.55. The number of pyridine rings is 1. The molecule has 0 atom stereocenters. The summed E-state index contributed by atoms with van der Waals surface area (Å²) in [5, 5.41) is 4.82. The number of ether oxygens (including phenoxy) is 1. The van der Waals surface area contributed by atoms with Gasteiger partial charge in [0.15, 0.2) is 0 Å². The number of nitrogens with zero attached hydrogens (tertiary/aromatic N) is 4. The first kappa shape index (κ1) is 20.0. The fourth-order valence-corrected chi connectivity index (χ4v) is 6.10. The highest BCUT2D eigenvalue weighted by Crippen LogP contribution is 2.42. The molecule has 1 aromatic carbocycles. The third-order valence-electron chi connectivity index (χ3n) is 6.59. The van der Waals surface area contributed by atoms with Crippen LogP contribution in [-0.4, -0.2) is 59.2 Å². The summed E-state index contributed by atoms with van der Waals surface area (Å²) in [7, 11) is 0. The molecule has 1 fully saturated rings. The summed E-state index contributed by atoms with van der Waals surface area (Å²) in [6.45, 7) is 5.51. The highest BCUT2D eigenvalue weighted by Gasteiger charge is 2.23. The summed E-state index contributed by atoms with van der Waals surface area (Å²) in [6, 6.07) is 10.6. The second-order valence-electron chi connectivity index (χ2n) is 8.55. The van der Waals surface area contributed by atoms with Gasteiger partial charge in [0.1, 0.15) is 17.0 Å². The van der Waals surface area contributed by atoms with Crippen LogP contribution < -0.4 is 5.32 Å². The van der Waals surface area contributed by atoms with Gasteiger partial charge in [0, 0.05) is 37.1 Å². The molecule has 0 bridgehead atoms. The zero-order valence-corrected chi connectivity index (χ0v) is 19.0. The van der Waals surface area contributed by atoms with Gasteiger partial charge in [0.2, 0.25) is 0 Å². The fourth-order valence-electron chi connectivity index (χ4n) is 4.98. The van der Waals surface area contributed by atoms with Gasteiger partial charge >= 0.3 is 0 Å². The van der Waals surface area contributed by atoms with Gasteiger partial charge in [-0.15, -0.1) is 11.3 Å². The topological polar surface area (TPSA) is 63.2 Å². The number of nitrogens with one attached hydrogen (secondary N) is 1. The molecule has 0 unspecified atom stereocenters. The Balaban J connectivity index is 1.41. The summed E-state index contributed by atoms with van der Waals surface area (Å²) in [5.74, 6) is 0.928. The molecule has 6 rings (SSSR count). The minimum atomic E-state index is 0.828. The van der Waals surface area contributed by atoms with Crippen LogP contribution in [0.5, 0.6) is 0 Å². The smallest absolute Gasteiger partial charge is 0.147 e. The molecule has 3 aromatic heterocycles. The van der Waals surface area contributed by atoms with Crippen molar-refractivity contribution in [1.29, 1.82) is 0 Å². The Kier molecular flexibility index (Phi) is 5.46. The molecule has 0 spiro atoms. The second kappa shape index (κ2) is 8.73. The molecular weight excluding hydrogens is 418 g/mol. The number of hydrogen-bond donors (Lipinski definition) is 1. The molecule has 4 heterocycles. The van der Waals surface area contributed by atoms with Crippen molar-refractivity contribution in [3.05, 3.63) is 47.8 Å². The van der Waals surface area contributed by atoms with Crippen LogP contribution >= 0.6 is 11.3 Å². The van der Waals surface area contributed by atoms with E-state index >= 15 is 0 Å². The molecule has 7 heteroatoms. The normalized spacial score (nSPS) is 17.0. The summed E-state index contributed by atoms with van der Waals surface area (Å²) < 4.78 is 6.58. The van der Waals surface area contributed by atoms with Crippen LogP contribution in [0.2, 0.25) is 0 Å². The first-order valence-electron chi connectivity index (χ1n) is 11.6. The molecule has 0 radical (unpaired) electrons. The van der Waals surface area contributed by atoms with Crippen molar-refractivity contribution in [2.75, 3.05) is 44.7 Å². The van der Waals surface area contributed by atoms with Crippen LogP contribution in [-0.2, 0) is 17.6 Å². The van der Waals surface area contributed by atoms with E-state index < -0.39 is 0 Å². The van der Waals surface area contributed by atoms with E-state index in [1.807, 2.05) is 0 Å². The molecule has 1 aliphatic carbocycles. The van der Waals surface area contributed by atoms with Crippen molar-refractivity contribution in [2.45, 2.75) is 25.7 Å². The van der Waals surface area contributed by atoms with Gasteiger partial charge in [0.05, 0.1) is 29.1 Å². The van der Waals surface area contributed by atoms with E-state index in [9.17, 15) is 0 Å². The van der Waals surface area contributed by atoms with Gasteiger partial charge in [0.25, 0.3) is 0 Å². The van der Waals surface area contributed by atoms with E-state index in [2.05, 4.69) is 45.5 Å². The zero-order valence-electron chi connectivity index (χ0n) is 18.1. The van der Waals surface area contributed by atoms with E-state index in [1.54, 1.807) is 17.7 Å². The SMILES string of the molecule is c1ccc(-c2nc3sc4c(NCCN5CCOCC5)ncnc4c3c3c2CCCC3)cc1. The molecule has 1 N–H and O–H groups in total. The van der Waals surface area contributed by atoms with E-state index in [4.69, 9.17) is 14.7 Å². The van der Waals surface area contributed by atoms with Crippen LogP contribution in [0.25, 0.3) is 31.7 Å². The maximum Gasteiger partial charge on any atom is 0.147 e. The van der Waals surface area contributed by atoms with Crippen molar-refractivity contribution < 1.29 is 4.74 Å². The molecule has 6 nitrogen and oxygen atoms in total. The number of hydrogen-bond acceptors (Lipinski definition) is 7. The van der Waals surface area contributed by atoms with Gasteiger partial charge in [-0.05, 0) is 36.8 Å². The molecule has 32 heavy (non-hydrogen) atoms. The number of aryl methyl sites for hydroxylation is 1. The lowest BCUT2D eigenvalue weighted by atomic mass is 9.87. The largest absolute Gasteiger partial charge is 0.379 e. The van der Waals surface area contributed by atoms with Gasteiger partial charge < -0.3 is 10.1 Å². The maximum absolute atomic E-state index is 5.45. The fraction of sp³-hybridized carbons (Fsp3) is 0.400. The summed E-state index contributed by atoms with van der Waals surface area (Å²) in [4.78, 5) is 18.0. The Bertz CT molecular complexity index is 1250. The standard InChI is InChI=1S/C25H27N5OS/c1-2-6-17(7-3-1)21-19-9-5-4-8-18(19)20-22-23(32-25(20)29-21)24(28-16-27-22)26-10-11-30-12-14-31-15-13-30/h1-3,6-7,16H,4-5,8-15H2,(H,26,27,28). The number of aromatic nitrogens is 3. The van der Waals surface area contributed by atoms with Gasteiger partial charge in [-0.2, -0.15) is 0 Å². The Labute approximate surface area is 191 Å². The van der Waals surface area contributed by atoms with Crippen LogP contribution in [0, 0.1) is 0 Å². The Hall–Kier alpha value is -2.61. The Morgan fingerprint density at radius 1 is 1.00 bits per heavy atom. The molecular formula is C25H27N5OS. The predicted molar refractivity (Wildman–Crippen MR) is 131 cm³/mol. The molecule has 0 saturated carbocycles. The number of morpholine rings is 1. The number of fused-ring (bicyclic) bond motifs is 5. The summed E-state index contributed by atoms with van der Waals surface area (Å²) in [5.41, 5.74) is 6.27. The van der Waals surface area contributed by atoms with Crippen LogP contribution in [0.15, 0.2) is 36.7 Å². The third kappa shape index (κ3) is 3.64. The van der Waals surface area contributed by atoms with E-state index in [0.717, 1.165) is 78.8 Å². The first-order chi connectivity index (χ1) is 15.9. The van der Waals surface area contributed by atoms with Crippen molar-refractivity contribution in [3.63, 3.8) is 0 Å². The minimum absolute atomic E-state index is 0.828. The molecule has 2 aliphatic rings. The van der Waals surface area contributed by atoms with E-state index in [0.29, 0.717) is 0 Å². The average Bonchev–Trinajstić information content (AvgIpc) is 3.24. The third-order valence-corrected chi connectivity index (χ3v) is 7.67. The van der Waals surface area contributed by atoms with Gasteiger partial charge in [-0.3, -0.25) is 4.90 Å². The first-order valence-corrected chi connectivity index (χ1v) is 12.4. The van der Waals surface area contributed by atoms with Crippen molar-refractivity contribution >= 4 is 37.6 Å². The highest BCUT2D eigenvalue weighted by atomic mass is 32.1. The molecule has 4 aromatic rings. The highest BCUT2D eigenvalue weighted by molar-refractivity contribution is 7.26. The van der Waals surface area contributed by atoms with Gasteiger partial charge in [-0.25, -0.2) is 15.0 Å². The zero-order chi connectivity index (χ0) is 21.3. The predicted octanol–water partition coefficient (Wildman–Crippen LogP) is 4.53. The van der Waals surface area contributed by atoms with Crippen LogP contribution in [0.4, 0.5) is 5.82 Å². The van der Waals surface area contributed by atoms with Crippen molar-refractivity contribution in [3.8, 4) is 11.3 Å². The minimum Gasteiger partial charge on any atom is -0.379 e. The number of thiophene rings is 1. The number of benzene rings is 1. The number of rotatable bonds is 5.